The number of benzene rings is 1. The topological polar surface area (TPSA) is 59.6 Å². The number of nitrogens with zero attached hydrogens (tertiary/aromatic N) is 1. The van der Waals surface area contributed by atoms with Gasteiger partial charge in [0.05, 0.1) is 6.10 Å². The third kappa shape index (κ3) is 2.17. The number of hydrogen-bond acceptors (Lipinski definition) is 4. The first-order valence-corrected chi connectivity index (χ1v) is 5.53. The van der Waals surface area contributed by atoms with E-state index in [1.54, 1.807) is 0 Å². The molecule has 4 nitrogen and oxygen atoms in total. The highest BCUT2D eigenvalue weighted by atomic mass is 16.5. The van der Waals surface area contributed by atoms with E-state index in [2.05, 4.69) is 16.5 Å². The first-order valence-electron chi connectivity index (χ1n) is 5.53. The maximum absolute atomic E-state index is 5.73. The van der Waals surface area contributed by atoms with Gasteiger partial charge in [-0.3, -0.25) is 0 Å². The summed E-state index contributed by atoms with van der Waals surface area (Å²) in [5.41, 5.74) is 4.75. The molecule has 0 unspecified atom stereocenters. The van der Waals surface area contributed by atoms with Gasteiger partial charge in [0, 0.05) is 6.42 Å². The molecule has 3 N–H and O–H groups in total. The van der Waals surface area contributed by atoms with Crippen LogP contribution in [0.5, 0.6) is 5.75 Å². The number of nitrogens with two attached hydrogens (primary N) is 1. The quantitative estimate of drug-likeness (QED) is 0.590. The van der Waals surface area contributed by atoms with Crippen molar-refractivity contribution in [1.29, 1.82) is 0 Å². The number of para-hydroxylation sites is 1. The highest BCUT2D eigenvalue weighted by Crippen LogP contribution is 2.35. The number of fused-ring (bicyclic) bond motifs is 1. The van der Waals surface area contributed by atoms with E-state index >= 15 is 0 Å². The van der Waals surface area contributed by atoms with Crippen molar-refractivity contribution in [3.8, 4) is 5.75 Å². The Bertz CT molecular complexity index is 413. The maximum Gasteiger partial charge on any atom is 0.145 e. The molecule has 0 atom stereocenters. The summed E-state index contributed by atoms with van der Waals surface area (Å²) in [5, 5.41) is 0. The van der Waals surface area contributed by atoms with Gasteiger partial charge >= 0.3 is 0 Å². The summed E-state index contributed by atoms with van der Waals surface area (Å²) in [7, 11) is 0. The lowest BCUT2D eigenvalue weighted by Gasteiger charge is -2.19. The number of ether oxygens (including phenoxy) is 1. The minimum absolute atomic E-state index is 0.151. The third-order valence-corrected chi connectivity index (χ3v) is 2.49. The summed E-state index contributed by atoms with van der Waals surface area (Å²) in [4.78, 5) is 4.47. The minimum atomic E-state index is 0.151. The molecule has 0 radical (unpaired) electrons. The molecule has 0 aliphatic carbocycles. The van der Waals surface area contributed by atoms with E-state index in [0.29, 0.717) is 0 Å². The Morgan fingerprint density at radius 2 is 2.19 bits per heavy atom. The van der Waals surface area contributed by atoms with E-state index in [0.717, 1.165) is 30.1 Å². The molecule has 0 aromatic heterocycles. The SMILES string of the molecule is CC(C)Oc1cccc2c1N=C(NN)CC2. The molecule has 0 spiro atoms. The molecule has 2 rings (SSSR count). The first kappa shape index (κ1) is 11.0. The Hall–Kier alpha value is -1.55. The molecule has 4 heteroatoms. The van der Waals surface area contributed by atoms with Crippen LogP contribution >= 0.6 is 0 Å². The largest absolute Gasteiger partial charge is 0.489 e. The monoisotopic (exact) mass is 219 g/mol. The Morgan fingerprint density at radius 3 is 2.88 bits per heavy atom. The fourth-order valence-corrected chi connectivity index (χ4v) is 1.79. The van der Waals surface area contributed by atoms with Crippen LogP contribution in [0.3, 0.4) is 0 Å². The molecule has 1 aromatic carbocycles. The number of hydrazine groups is 1. The van der Waals surface area contributed by atoms with E-state index in [4.69, 9.17) is 10.6 Å². The van der Waals surface area contributed by atoms with Gasteiger partial charge in [-0.15, -0.1) is 0 Å². The molecule has 0 saturated heterocycles. The van der Waals surface area contributed by atoms with Gasteiger partial charge in [0.15, 0.2) is 0 Å². The van der Waals surface area contributed by atoms with Crippen LogP contribution in [0.1, 0.15) is 25.8 Å². The standard InChI is InChI=1S/C12H17N3O/c1-8(2)16-10-5-3-4-9-6-7-11(15-13)14-12(9)10/h3-5,8H,6-7,13H2,1-2H3,(H,14,15). The number of rotatable bonds is 2. The van der Waals surface area contributed by atoms with Crippen molar-refractivity contribution in [3.05, 3.63) is 23.8 Å². The number of nitrogens with one attached hydrogen (secondary N) is 1. The van der Waals surface area contributed by atoms with Crippen molar-refractivity contribution in [3.63, 3.8) is 0 Å². The van der Waals surface area contributed by atoms with E-state index in [9.17, 15) is 0 Å². The van der Waals surface area contributed by atoms with Gasteiger partial charge < -0.3 is 10.2 Å². The second kappa shape index (κ2) is 4.53. The number of aliphatic imine (C=N–C) groups is 1. The normalized spacial score (nSPS) is 14.4. The lowest BCUT2D eigenvalue weighted by atomic mass is 10.0. The lowest BCUT2D eigenvalue weighted by Crippen LogP contribution is -2.31. The van der Waals surface area contributed by atoms with Crippen molar-refractivity contribution in [2.45, 2.75) is 32.8 Å². The molecule has 1 heterocycles. The lowest BCUT2D eigenvalue weighted by molar-refractivity contribution is 0.243. The summed E-state index contributed by atoms with van der Waals surface area (Å²) < 4.78 is 5.73. The van der Waals surface area contributed by atoms with Crippen molar-refractivity contribution in [2.24, 2.45) is 10.8 Å². The molecule has 86 valence electrons. The Morgan fingerprint density at radius 1 is 1.38 bits per heavy atom. The van der Waals surface area contributed by atoms with Gasteiger partial charge in [-0.1, -0.05) is 12.1 Å². The van der Waals surface area contributed by atoms with Crippen molar-refractivity contribution in [1.82, 2.24) is 5.43 Å². The molecule has 1 aliphatic heterocycles. The Labute approximate surface area is 95.5 Å². The van der Waals surface area contributed by atoms with E-state index in [1.807, 2.05) is 26.0 Å². The third-order valence-electron chi connectivity index (χ3n) is 2.49. The summed E-state index contributed by atoms with van der Waals surface area (Å²) in [6.45, 7) is 4.02. The van der Waals surface area contributed by atoms with Gasteiger partial charge in [-0.25, -0.2) is 10.8 Å². The molecule has 0 fully saturated rings. The van der Waals surface area contributed by atoms with Crippen LogP contribution in [0.2, 0.25) is 0 Å². The zero-order valence-corrected chi connectivity index (χ0v) is 9.66. The number of aryl methyl sites for hydroxylation is 1. The summed E-state index contributed by atoms with van der Waals surface area (Å²) in [6.07, 6.45) is 1.96. The fraction of sp³-hybridized carbons (Fsp3) is 0.417. The molecular weight excluding hydrogens is 202 g/mol. The highest BCUT2D eigenvalue weighted by molar-refractivity contribution is 5.88. The van der Waals surface area contributed by atoms with Crippen LogP contribution in [0.15, 0.2) is 23.2 Å². The molecule has 1 aliphatic rings. The predicted octanol–water partition coefficient (Wildman–Crippen LogP) is 1.91. The average molecular weight is 219 g/mol. The van der Waals surface area contributed by atoms with Crippen LogP contribution < -0.4 is 16.0 Å². The van der Waals surface area contributed by atoms with Gasteiger partial charge in [-0.2, -0.15) is 0 Å². The molecular formula is C12H17N3O. The molecule has 0 bridgehead atoms. The smallest absolute Gasteiger partial charge is 0.145 e. The second-order valence-corrected chi connectivity index (χ2v) is 4.13. The van der Waals surface area contributed by atoms with Crippen molar-refractivity contribution >= 4 is 11.5 Å². The van der Waals surface area contributed by atoms with E-state index < -0.39 is 0 Å². The van der Waals surface area contributed by atoms with Gasteiger partial charge in [0.1, 0.15) is 17.3 Å². The predicted molar refractivity (Wildman–Crippen MR) is 64.9 cm³/mol. The van der Waals surface area contributed by atoms with Gasteiger partial charge in [-0.05, 0) is 31.9 Å². The minimum Gasteiger partial charge on any atom is -0.489 e. The molecule has 0 saturated carbocycles. The average Bonchev–Trinajstić information content (AvgIpc) is 2.28. The summed E-state index contributed by atoms with van der Waals surface area (Å²) in [5.74, 6) is 7.04. The zero-order chi connectivity index (χ0) is 11.5. The van der Waals surface area contributed by atoms with Gasteiger partial charge in [0.2, 0.25) is 0 Å². The molecule has 16 heavy (non-hydrogen) atoms. The zero-order valence-electron chi connectivity index (χ0n) is 9.66. The highest BCUT2D eigenvalue weighted by Gasteiger charge is 2.15. The van der Waals surface area contributed by atoms with E-state index in [-0.39, 0.29) is 6.10 Å². The van der Waals surface area contributed by atoms with Crippen molar-refractivity contribution < 1.29 is 4.74 Å². The van der Waals surface area contributed by atoms with Crippen LogP contribution in [-0.2, 0) is 6.42 Å². The summed E-state index contributed by atoms with van der Waals surface area (Å²) in [6, 6.07) is 6.04. The Balaban J connectivity index is 2.39. The van der Waals surface area contributed by atoms with Crippen LogP contribution in [0.4, 0.5) is 5.69 Å². The van der Waals surface area contributed by atoms with Crippen LogP contribution in [-0.4, -0.2) is 11.9 Å². The van der Waals surface area contributed by atoms with Crippen molar-refractivity contribution in [2.75, 3.05) is 0 Å². The van der Waals surface area contributed by atoms with Crippen LogP contribution in [0.25, 0.3) is 0 Å². The maximum atomic E-state index is 5.73. The number of amidine groups is 1. The first-order chi connectivity index (χ1) is 7.70. The van der Waals surface area contributed by atoms with Crippen LogP contribution in [0, 0.1) is 0 Å². The Kier molecular flexibility index (Phi) is 3.10. The van der Waals surface area contributed by atoms with E-state index in [1.165, 1.54) is 5.56 Å². The van der Waals surface area contributed by atoms with Gasteiger partial charge in [0.25, 0.3) is 0 Å². The molecule has 1 aromatic rings. The second-order valence-electron chi connectivity index (χ2n) is 4.13. The fourth-order valence-electron chi connectivity index (χ4n) is 1.79. The number of hydrogen-bond donors (Lipinski definition) is 2. The summed E-state index contributed by atoms with van der Waals surface area (Å²) >= 11 is 0. The molecule has 0 amide bonds.